The molecule has 0 aliphatic heterocycles. The summed E-state index contributed by atoms with van der Waals surface area (Å²) in [6, 6.07) is 12.2. The summed E-state index contributed by atoms with van der Waals surface area (Å²) in [7, 11) is 0. The first-order chi connectivity index (χ1) is 15.6. The molecule has 3 aromatic rings. The van der Waals surface area contributed by atoms with E-state index in [0.29, 0.717) is 17.0 Å². The number of rotatable bonds is 5. The highest BCUT2D eigenvalue weighted by Gasteiger charge is 2.41. The maximum absolute atomic E-state index is 14.8. The Labute approximate surface area is 190 Å². The summed E-state index contributed by atoms with van der Waals surface area (Å²) in [4.78, 5) is 0. The zero-order valence-corrected chi connectivity index (χ0v) is 18.5. The molecule has 1 fully saturated rings. The van der Waals surface area contributed by atoms with E-state index in [2.05, 4.69) is 11.7 Å². The van der Waals surface area contributed by atoms with Gasteiger partial charge < -0.3 is 4.74 Å². The molecule has 1 aliphatic rings. The molecule has 0 atom stereocenters. The van der Waals surface area contributed by atoms with Crippen LogP contribution in [0.5, 0.6) is 5.75 Å². The Morgan fingerprint density at radius 2 is 1.39 bits per heavy atom. The number of ether oxygens (including phenoxy) is 1. The van der Waals surface area contributed by atoms with Gasteiger partial charge in [-0.2, -0.15) is 8.78 Å². The SMILES string of the molecule is Cc1ccc(-c2ccc(OC(F)(F)c3c(F)cc(C4CCC(C)CC4)cc3F)cc2F)cc1. The zero-order chi connectivity index (χ0) is 23.8. The molecule has 0 unspecified atom stereocenters. The predicted octanol–water partition coefficient (Wildman–Crippen LogP) is 8.50. The van der Waals surface area contributed by atoms with Gasteiger partial charge in [0.25, 0.3) is 0 Å². The van der Waals surface area contributed by atoms with Gasteiger partial charge in [0, 0.05) is 11.6 Å². The van der Waals surface area contributed by atoms with Crippen LogP contribution in [0.1, 0.15) is 55.2 Å². The van der Waals surface area contributed by atoms with Crippen LogP contribution in [0.2, 0.25) is 0 Å². The van der Waals surface area contributed by atoms with E-state index >= 15 is 0 Å². The number of hydrogen-bond acceptors (Lipinski definition) is 1. The van der Waals surface area contributed by atoms with Crippen LogP contribution in [0, 0.1) is 30.3 Å². The lowest BCUT2D eigenvalue weighted by molar-refractivity contribution is -0.189. The molecule has 6 heteroatoms. The van der Waals surface area contributed by atoms with Crippen LogP contribution in [0.3, 0.4) is 0 Å². The molecule has 1 saturated carbocycles. The van der Waals surface area contributed by atoms with Gasteiger partial charge >= 0.3 is 6.11 Å². The third-order valence-electron chi connectivity index (χ3n) is 6.39. The van der Waals surface area contributed by atoms with Crippen molar-refractivity contribution in [2.24, 2.45) is 5.92 Å². The fraction of sp³-hybridized carbons (Fsp3) is 0.333. The molecule has 174 valence electrons. The quantitative estimate of drug-likeness (QED) is 0.347. The van der Waals surface area contributed by atoms with Crippen molar-refractivity contribution >= 4 is 0 Å². The molecule has 1 nitrogen and oxygen atoms in total. The number of alkyl halides is 2. The van der Waals surface area contributed by atoms with Gasteiger partial charge in [0.1, 0.15) is 28.8 Å². The third-order valence-corrected chi connectivity index (χ3v) is 6.39. The van der Waals surface area contributed by atoms with Gasteiger partial charge in [0.2, 0.25) is 0 Å². The van der Waals surface area contributed by atoms with Crippen LogP contribution in [0.25, 0.3) is 11.1 Å². The first kappa shape index (κ1) is 23.3. The van der Waals surface area contributed by atoms with Crippen molar-refractivity contribution in [3.63, 3.8) is 0 Å². The van der Waals surface area contributed by atoms with Crippen LogP contribution in [-0.2, 0) is 6.11 Å². The predicted molar refractivity (Wildman–Crippen MR) is 118 cm³/mol. The molecular weight excluding hydrogens is 435 g/mol. The van der Waals surface area contributed by atoms with Gasteiger partial charge in [-0.15, -0.1) is 0 Å². The molecule has 33 heavy (non-hydrogen) atoms. The first-order valence-corrected chi connectivity index (χ1v) is 11.1. The zero-order valence-electron chi connectivity index (χ0n) is 18.5. The Bertz CT molecular complexity index is 1110. The fourth-order valence-corrected chi connectivity index (χ4v) is 4.43. The minimum Gasteiger partial charge on any atom is -0.429 e. The van der Waals surface area contributed by atoms with E-state index in [9.17, 15) is 22.0 Å². The smallest absolute Gasteiger partial charge is 0.429 e. The number of benzene rings is 3. The summed E-state index contributed by atoms with van der Waals surface area (Å²) < 4.78 is 78.0. The van der Waals surface area contributed by atoms with Gasteiger partial charge in [-0.1, -0.05) is 49.6 Å². The molecule has 0 amide bonds. The normalized spacial score (nSPS) is 18.9. The van der Waals surface area contributed by atoms with Crippen LogP contribution in [0.4, 0.5) is 22.0 Å². The van der Waals surface area contributed by atoms with Crippen molar-refractivity contribution < 1.29 is 26.7 Å². The van der Waals surface area contributed by atoms with Crippen molar-refractivity contribution in [2.75, 3.05) is 0 Å². The second-order valence-electron chi connectivity index (χ2n) is 8.94. The molecule has 4 rings (SSSR count). The molecular formula is C27H25F5O. The van der Waals surface area contributed by atoms with Crippen LogP contribution in [0.15, 0.2) is 54.6 Å². The van der Waals surface area contributed by atoms with Crippen molar-refractivity contribution in [2.45, 2.75) is 51.6 Å². The topological polar surface area (TPSA) is 9.23 Å². The van der Waals surface area contributed by atoms with Crippen molar-refractivity contribution in [3.05, 3.63) is 88.7 Å². The summed E-state index contributed by atoms with van der Waals surface area (Å²) in [6.45, 7) is 4.01. The van der Waals surface area contributed by atoms with Crippen LogP contribution in [-0.4, -0.2) is 0 Å². The van der Waals surface area contributed by atoms with E-state index < -0.39 is 34.9 Å². The van der Waals surface area contributed by atoms with E-state index in [1.165, 1.54) is 6.07 Å². The monoisotopic (exact) mass is 460 g/mol. The van der Waals surface area contributed by atoms with Gasteiger partial charge in [-0.05, 0) is 67.0 Å². The number of hydrogen-bond donors (Lipinski definition) is 0. The molecule has 0 saturated heterocycles. The second kappa shape index (κ2) is 9.16. The molecule has 0 aromatic heterocycles. The Morgan fingerprint density at radius 1 is 0.788 bits per heavy atom. The lowest BCUT2D eigenvalue weighted by Crippen LogP contribution is -2.25. The maximum atomic E-state index is 14.8. The minimum absolute atomic E-state index is 0.0581. The largest absolute Gasteiger partial charge is 0.432 e. The van der Waals surface area contributed by atoms with Crippen molar-refractivity contribution in [3.8, 4) is 16.9 Å². The highest BCUT2D eigenvalue weighted by atomic mass is 19.3. The van der Waals surface area contributed by atoms with Gasteiger partial charge in [-0.25, -0.2) is 13.2 Å². The Hall–Kier alpha value is -2.89. The summed E-state index contributed by atoms with van der Waals surface area (Å²) in [5, 5.41) is 0. The van der Waals surface area contributed by atoms with Gasteiger partial charge in [0.15, 0.2) is 0 Å². The molecule has 0 heterocycles. The molecule has 3 aromatic carbocycles. The molecule has 0 spiro atoms. The van der Waals surface area contributed by atoms with Gasteiger partial charge in [0.05, 0.1) is 0 Å². The Kier molecular flexibility index (Phi) is 6.46. The van der Waals surface area contributed by atoms with E-state index in [1.54, 1.807) is 24.3 Å². The highest BCUT2D eigenvalue weighted by molar-refractivity contribution is 5.65. The molecule has 0 radical (unpaired) electrons. The average molecular weight is 460 g/mol. The molecule has 1 aliphatic carbocycles. The second-order valence-corrected chi connectivity index (χ2v) is 8.94. The number of halogens is 5. The summed E-state index contributed by atoms with van der Waals surface area (Å²) >= 11 is 0. The van der Waals surface area contributed by atoms with Crippen molar-refractivity contribution in [1.82, 2.24) is 0 Å². The Morgan fingerprint density at radius 3 is 1.97 bits per heavy atom. The molecule has 0 N–H and O–H groups in total. The van der Waals surface area contributed by atoms with Crippen LogP contribution < -0.4 is 4.74 Å². The Balaban J connectivity index is 1.57. The summed E-state index contributed by atoms with van der Waals surface area (Å²) in [5.41, 5.74) is 0.672. The fourth-order valence-electron chi connectivity index (χ4n) is 4.43. The standard InChI is InChI=1S/C27H25F5O/c1-16-3-7-18(8-4-16)20-13-24(29)26(25(30)14-20)27(31,32)33-21-11-12-22(23(28)15-21)19-9-5-17(2)6-10-19/h5-6,9-16,18H,3-4,7-8H2,1-2H3. The lowest BCUT2D eigenvalue weighted by Gasteiger charge is -2.27. The highest BCUT2D eigenvalue weighted by Crippen LogP contribution is 2.40. The molecule has 0 bridgehead atoms. The summed E-state index contributed by atoms with van der Waals surface area (Å²) in [6.07, 6.45) is -0.929. The summed E-state index contributed by atoms with van der Waals surface area (Å²) in [5.74, 6) is -3.56. The van der Waals surface area contributed by atoms with E-state index in [4.69, 9.17) is 0 Å². The first-order valence-electron chi connectivity index (χ1n) is 11.1. The van der Waals surface area contributed by atoms with Crippen molar-refractivity contribution in [1.29, 1.82) is 0 Å². The average Bonchev–Trinajstić information content (AvgIpc) is 2.74. The van der Waals surface area contributed by atoms with E-state index in [0.717, 1.165) is 55.5 Å². The number of aryl methyl sites for hydroxylation is 1. The minimum atomic E-state index is -4.31. The lowest BCUT2D eigenvalue weighted by atomic mass is 9.79. The van der Waals surface area contributed by atoms with E-state index in [1.807, 2.05) is 6.92 Å². The van der Waals surface area contributed by atoms with Gasteiger partial charge in [-0.3, -0.25) is 0 Å². The maximum Gasteiger partial charge on any atom is 0.432 e. The van der Waals surface area contributed by atoms with E-state index in [-0.39, 0.29) is 11.5 Å². The van der Waals surface area contributed by atoms with Crippen LogP contribution >= 0.6 is 0 Å². The third kappa shape index (κ3) is 5.05.